The van der Waals surface area contributed by atoms with Gasteiger partial charge in [0.25, 0.3) is 0 Å². The Morgan fingerprint density at radius 2 is 1.79 bits per heavy atom. The molecule has 38 heavy (non-hydrogen) atoms. The molecular formula is C29H28N6O3. The largest absolute Gasteiger partial charge is 0.494 e. The third-order valence-electron chi connectivity index (χ3n) is 6.77. The van der Waals surface area contributed by atoms with E-state index in [1.807, 2.05) is 60.7 Å². The number of anilines is 1. The average molecular weight is 509 g/mol. The number of nitrogens with one attached hydrogen (secondary N) is 1. The van der Waals surface area contributed by atoms with E-state index in [1.54, 1.807) is 34.2 Å². The first-order valence-corrected chi connectivity index (χ1v) is 12.7. The van der Waals surface area contributed by atoms with Gasteiger partial charge in [-0.3, -0.25) is 4.90 Å². The van der Waals surface area contributed by atoms with Gasteiger partial charge in [0.05, 0.1) is 25.5 Å². The first kappa shape index (κ1) is 23.6. The van der Waals surface area contributed by atoms with Crippen LogP contribution in [0.25, 0.3) is 10.9 Å². The van der Waals surface area contributed by atoms with Crippen LogP contribution in [0.5, 0.6) is 11.5 Å². The molecule has 0 saturated heterocycles. The quantitative estimate of drug-likeness (QED) is 0.238. The van der Waals surface area contributed by atoms with E-state index in [2.05, 4.69) is 15.2 Å². The third-order valence-corrected chi connectivity index (χ3v) is 6.77. The van der Waals surface area contributed by atoms with Gasteiger partial charge < -0.3 is 20.2 Å². The van der Waals surface area contributed by atoms with E-state index >= 15 is 0 Å². The minimum absolute atomic E-state index is 0.344. The van der Waals surface area contributed by atoms with Gasteiger partial charge in [0.2, 0.25) is 0 Å². The normalized spacial score (nSPS) is 14.8. The lowest BCUT2D eigenvalue weighted by molar-refractivity contribution is 0.135. The molecule has 0 bridgehead atoms. The molecule has 3 N–H and O–H groups in total. The Balaban J connectivity index is 1.26. The fraction of sp³-hybridized carbons (Fsp3) is 0.207. The van der Waals surface area contributed by atoms with Crippen molar-refractivity contribution in [3.8, 4) is 11.5 Å². The zero-order chi connectivity index (χ0) is 25.9. The van der Waals surface area contributed by atoms with Crippen LogP contribution in [0, 0.1) is 0 Å². The Hall–Kier alpha value is -4.79. The number of aryl methyl sites for hydroxylation is 1. The van der Waals surface area contributed by atoms with Gasteiger partial charge in [-0.2, -0.15) is 15.0 Å². The van der Waals surface area contributed by atoms with E-state index in [-0.39, 0.29) is 6.04 Å². The average Bonchev–Trinajstić information content (AvgIpc) is 3.59. The smallest absolute Gasteiger partial charge is 0.416 e. The number of aromatic nitrogens is 4. The second-order valence-electron chi connectivity index (χ2n) is 9.25. The minimum Gasteiger partial charge on any atom is -0.494 e. The molecule has 0 saturated carbocycles. The second-order valence-corrected chi connectivity index (χ2v) is 9.25. The van der Waals surface area contributed by atoms with Crippen molar-refractivity contribution in [1.29, 1.82) is 0 Å². The predicted octanol–water partition coefficient (Wildman–Crippen LogP) is 4.96. The van der Waals surface area contributed by atoms with Crippen molar-refractivity contribution in [2.24, 2.45) is 0 Å². The van der Waals surface area contributed by atoms with Crippen molar-refractivity contribution in [2.75, 3.05) is 18.9 Å². The number of nitrogens with two attached hydrogens (primary N) is 1. The summed E-state index contributed by atoms with van der Waals surface area (Å²) in [5, 5.41) is 9.31. The lowest BCUT2D eigenvalue weighted by Crippen LogP contribution is -2.42. The summed E-state index contributed by atoms with van der Waals surface area (Å²) in [7, 11) is 0. The van der Waals surface area contributed by atoms with Gasteiger partial charge in [-0.25, -0.2) is 4.79 Å². The molecule has 1 aliphatic heterocycles. The Labute approximate surface area is 219 Å². The van der Waals surface area contributed by atoms with Gasteiger partial charge in [-0.05, 0) is 60.0 Å². The number of nitrogen functional groups attached to an aromatic ring is 1. The van der Waals surface area contributed by atoms with Crippen molar-refractivity contribution < 1.29 is 14.3 Å². The molecule has 6 rings (SSSR count). The van der Waals surface area contributed by atoms with Crippen molar-refractivity contribution >= 4 is 22.7 Å². The number of rotatable bonds is 7. The maximum atomic E-state index is 13.4. The van der Waals surface area contributed by atoms with Crippen LogP contribution >= 0.6 is 0 Å². The Morgan fingerprint density at radius 1 is 1.00 bits per heavy atom. The molecule has 3 heterocycles. The van der Waals surface area contributed by atoms with Crippen LogP contribution in [0.3, 0.4) is 0 Å². The second kappa shape index (κ2) is 10.3. The molecule has 0 aliphatic carbocycles. The molecule has 1 amide bonds. The summed E-state index contributed by atoms with van der Waals surface area (Å²) in [5.41, 5.74) is 10.9. The summed E-state index contributed by atoms with van der Waals surface area (Å²) >= 11 is 0. The molecular weight excluding hydrogens is 480 g/mol. The zero-order valence-electron chi connectivity index (χ0n) is 20.8. The topological polar surface area (TPSA) is 111 Å². The van der Waals surface area contributed by atoms with Gasteiger partial charge >= 0.3 is 6.09 Å². The molecule has 3 aromatic carbocycles. The predicted molar refractivity (Wildman–Crippen MR) is 144 cm³/mol. The summed E-state index contributed by atoms with van der Waals surface area (Å²) in [5.74, 6) is 1.28. The maximum absolute atomic E-state index is 13.4. The van der Waals surface area contributed by atoms with E-state index in [0.717, 1.165) is 34.3 Å². The Kier molecular flexibility index (Phi) is 6.39. The van der Waals surface area contributed by atoms with E-state index in [9.17, 15) is 4.79 Å². The van der Waals surface area contributed by atoms with Gasteiger partial charge in [0.15, 0.2) is 0 Å². The van der Waals surface area contributed by atoms with Crippen molar-refractivity contribution in [1.82, 2.24) is 24.9 Å². The number of para-hydroxylation sites is 1. The van der Waals surface area contributed by atoms with E-state index in [4.69, 9.17) is 15.2 Å². The molecule has 1 atom stereocenters. The number of amides is 1. The summed E-state index contributed by atoms with van der Waals surface area (Å²) < 4.78 is 11.7. The monoisotopic (exact) mass is 508 g/mol. The molecule has 192 valence electrons. The molecule has 9 heteroatoms. The number of nitrogens with zero attached hydrogens (tertiary/aromatic N) is 4. The van der Waals surface area contributed by atoms with Crippen LogP contribution in [0.4, 0.5) is 10.5 Å². The highest BCUT2D eigenvalue weighted by atomic mass is 16.6. The molecule has 0 radical (unpaired) electrons. The van der Waals surface area contributed by atoms with Crippen LogP contribution in [-0.4, -0.2) is 44.1 Å². The lowest BCUT2D eigenvalue weighted by atomic mass is 9.92. The van der Waals surface area contributed by atoms with Crippen LogP contribution in [0.15, 0.2) is 85.2 Å². The summed E-state index contributed by atoms with van der Waals surface area (Å²) in [6, 6.07) is 22.6. The minimum atomic E-state index is -0.391. The summed E-state index contributed by atoms with van der Waals surface area (Å²) in [6.45, 7) is 1.76. The summed E-state index contributed by atoms with van der Waals surface area (Å²) in [6.07, 6.45) is 4.43. The highest BCUT2D eigenvalue weighted by Gasteiger charge is 2.35. The van der Waals surface area contributed by atoms with E-state index < -0.39 is 6.09 Å². The molecule has 9 nitrogen and oxygen atoms in total. The number of fused-ring (bicyclic) bond motifs is 3. The van der Waals surface area contributed by atoms with Crippen molar-refractivity contribution in [2.45, 2.75) is 25.4 Å². The molecule has 2 aromatic heterocycles. The van der Waals surface area contributed by atoms with Crippen molar-refractivity contribution in [3.63, 3.8) is 0 Å². The fourth-order valence-corrected chi connectivity index (χ4v) is 5.00. The number of carbonyl (C=O) groups excluding carboxylic acids is 1. The SMILES string of the molecule is Nc1ccc2[nH]c3c(c2c1)CCN(C(=O)Oc1ccccc1)C3c1ccc(OCCCn2nccn2)cc1. The van der Waals surface area contributed by atoms with Gasteiger partial charge in [-0.1, -0.05) is 30.3 Å². The van der Waals surface area contributed by atoms with Gasteiger partial charge in [-0.15, -0.1) is 0 Å². The van der Waals surface area contributed by atoms with Crippen LogP contribution < -0.4 is 15.2 Å². The number of ether oxygens (including phenoxy) is 2. The van der Waals surface area contributed by atoms with Gasteiger partial charge in [0, 0.05) is 35.2 Å². The van der Waals surface area contributed by atoms with Crippen LogP contribution in [0.2, 0.25) is 0 Å². The van der Waals surface area contributed by atoms with Gasteiger partial charge in [0.1, 0.15) is 17.5 Å². The standard InChI is InChI=1S/C29H28N6O3/c30-21-9-12-26-25(19-21)24-13-17-34(29(36)38-23-5-2-1-3-6-23)28(27(24)33-26)20-7-10-22(11-8-20)37-18-4-16-35-31-14-15-32-35/h1-3,5-12,14-15,19,28,33H,4,13,16-18,30H2. The molecule has 0 fully saturated rings. The Morgan fingerprint density at radius 3 is 2.58 bits per heavy atom. The van der Waals surface area contributed by atoms with Crippen LogP contribution in [-0.2, 0) is 13.0 Å². The van der Waals surface area contributed by atoms with Crippen molar-refractivity contribution in [3.05, 3.63) is 102 Å². The number of aromatic amines is 1. The number of hydrogen-bond donors (Lipinski definition) is 2. The zero-order valence-corrected chi connectivity index (χ0v) is 20.8. The van der Waals surface area contributed by atoms with E-state index in [1.165, 1.54) is 5.56 Å². The van der Waals surface area contributed by atoms with Crippen LogP contribution in [0.1, 0.15) is 29.3 Å². The number of hydrogen-bond acceptors (Lipinski definition) is 6. The Bertz CT molecular complexity index is 1530. The molecule has 0 spiro atoms. The first-order chi connectivity index (χ1) is 18.7. The third kappa shape index (κ3) is 4.78. The number of benzene rings is 3. The number of H-pyrrole nitrogens is 1. The lowest BCUT2D eigenvalue weighted by Gasteiger charge is -2.35. The van der Waals surface area contributed by atoms with E-state index in [0.29, 0.717) is 37.6 Å². The molecule has 1 aliphatic rings. The highest BCUT2D eigenvalue weighted by molar-refractivity contribution is 5.88. The first-order valence-electron chi connectivity index (χ1n) is 12.7. The molecule has 1 unspecified atom stereocenters. The fourth-order valence-electron chi connectivity index (χ4n) is 5.00. The maximum Gasteiger partial charge on any atom is 0.416 e. The number of carbonyl (C=O) groups is 1. The molecule has 5 aromatic rings. The summed E-state index contributed by atoms with van der Waals surface area (Å²) in [4.78, 5) is 20.4. The highest BCUT2D eigenvalue weighted by Crippen LogP contribution is 2.39.